The lowest BCUT2D eigenvalue weighted by Crippen LogP contribution is -2.11. The lowest BCUT2D eigenvalue weighted by molar-refractivity contribution is -0.144. The van der Waals surface area contributed by atoms with Crippen LogP contribution in [-0.4, -0.2) is 26.2 Å². The number of carbonyl (C=O) groups is 1. The third kappa shape index (κ3) is 2.30. The summed E-state index contributed by atoms with van der Waals surface area (Å²) < 4.78 is 37.0. The molecule has 5 nitrogen and oxygen atoms in total. The van der Waals surface area contributed by atoms with E-state index in [0.717, 1.165) is 6.20 Å². The van der Waals surface area contributed by atoms with Crippen LogP contribution in [-0.2, 0) is 6.18 Å². The number of nitrogens with zero attached hydrogens (tertiary/aromatic N) is 3. The van der Waals surface area contributed by atoms with Crippen molar-refractivity contribution in [3.63, 3.8) is 0 Å². The third-order valence-electron chi connectivity index (χ3n) is 1.87. The van der Waals surface area contributed by atoms with E-state index < -0.39 is 12.0 Å². The second kappa shape index (κ2) is 3.96. The van der Waals surface area contributed by atoms with Gasteiger partial charge in [0, 0.05) is 6.20 Å². The first-order chi connectivity index (χ1) is 8.00. The summed E-state index contributed by atoms with van der Waals surface area (Å²) in [5, 5.41) is 0. The van der Waals surface area contributed by atoms with Crippen LogP contribution in [0.25, 0.3) is 11.5 Å². The van der Waals surface area contributed by atoms with Gasteiger partial charge in [-0.15, -0.1) is 0 Å². The topological polar surface area (TPSA) is 71.5 Å². The standard InChI is InChI=1S/C9H5F3N4O/c10-9(11,12)8-13-2-1-6(16-8)7-14-3-5(4-17)15-7/h1-4H,(H,14,15). The molecule has 0 unspecified atom stereocenters. The third-order valence-corrected chi connectivity index (χ3v) is 1.87. The van der Waals surface area contributed by atoms with Gasteiger partial charge < -0.3 is 4.98 Å². The summed E-state index contributed by atoms with van der Waals surface area (Å²) in [6.45, 7) is 0. The Morgan fingerprint density at radius 2 is 2.06 bits per heavy atom. The number of hydrogen-bond donors (Lipinski definition) is 1. The molecule has 0 aromatic carbocycles. The quantitative estimate of drug-likeness (QED) is 0.813. The molecule has 0 saturated carbocycles. The fraction of sp³-hybridized carbons (Fsp3) is 0.111. The molecule has 17 heavy (non-hydrogen) atoms. The number of aromatic nitrogens is 4. The highest BCUT2D eigenvalue weighted by Gasteiger charge is 2.34. The average Bonchev–Trinajstić information content (AvgIpc) is 2.76. The van der Waals surface area contributed by atoms with Crippen molar-refractivity contribution in [1.29, 1.82) is 0 Å². The lowest BCUT2D eigenvalue weighted by Gasteiger charge is -2.04. The van der Waals surface area contributed by atoms with Gasteiger partial charge in [0.05, 0.1) is 11.9 Å². The Kier molecular flexibility index (Phi) is 2.62. The van der Waals surface area contributed by atoms with Crippen LogP contribution < -0.4 is 0 Å². The van der Waals surface area contributed by atoms with Crippen molar-refractivity contribution in [2.24, 2.45) is 0 Å². The minimum absolute atomic E-state index is 0.0274. The summed E-state index contributed by atoms with van der Waals surface area (Å²) in [7, 11) is 0. The lowest BCUT2D eigenvalue weighted by atomic mass is 10.4. The first-order valence-electron chi connectivity index (χ1n) is 4.41. The average molecular weight is 242 g/mol. The summed E-state index contributed by atoms with van der Waals surface area (Å²) in [4.78, 5) is 23.1. The molecule has 0 radical (unpaired) electrons. The largest absolute Gasteiger partial charge is 0.451 e. The normalized spacial score (nSPS) is 11.5. The molecule has 0 bridgehead atoms. The molecule has 0 aliphatic heterocycles. The maximum Gasteiger partial charge on any atom is 0.451 e. The summed E-state index contributed by atoms with van der Waals surface area (Å²) in [6, 6.07) is 1.27. The van der Waals surface area contributed by atoms with Crippen molar-refractivity contribution in [1.82, 2.24) is 19.9 Å². The highest BCUT2D eigenvalue weighted by molar-refractivity contribution is 5.72. The first-order valence-corrected chi connectivity index (χ1v) is 4.41. The molecule has 2 aromatic rings. The Morgan fingerprint density at radius 1 is 1.29 bits per heavy atom. The van der Waals surface area contributed by atoms with E-state index in [9.17, 15) is 18.0 Å². The zero-order chi connectivity index (χ0) is 12.5. The minimum Gasteiger partial charge on any atom is -0.334 e. The van der Waals surface area contributed by atoms with Crippen LogP contribution in [0, 0.1) is 0 Å². The van der Waals surface area contributed by atoms with E-state index in [1.165, 1.54) is 12.3 Å². The van der Waals surface area contributed by atoms with Crippen molar-refractivity contribution < 1.29 is 18.0 Å². The van der Waals surface area contributed by atoms with Crippen molar-refractivity contribution in [2.75, 3.05) is 0 Å². The van der Waals surface area contributed by atoms with Gasteiger partial charge in [-0.1, -0.05) is 0 Å². The molecule has 2 rings (SSSR count). The second-order valence-corrected chi connectivity index (χ2v) is 3.07. The Morgan fingerprint density at radius 3 is 2.65 bits per heavy atom. The van der Waals surface area contributed by atoms with Gasteiger partial charge in [0.15, 0.2) is 12.1 Å². The predicted molar refractivity (Wildman–Crippen MR) is 50.0 cm³/mol. The van der Waals surface area contributed by atoms with Gasteiger partial charge in [-0.3, -0.25) is 4.79 Å². The van der Waals surface area contributed by atoms with Gasteiger partial charge >= 0.3 is 6.18 Å². The fourth-order valence-electron chi connectivity index (χ4n) is 1.15. The summed E-state index contributed by atoms with van der Waals surface area (Å²) in [6.07, 6.45) is -1.93. The summed E-state index contributed by atoms with van der Waals surface area (Å²) in [5.41, 5.74) is 0.132. The first kappa shape index (κ1) is 11.2. The second-order valence-electron chi connectivity index (χ2n) is 3.07. The van der Waals surface area contributed by atoms with Crippen LogP contribution in [0.5, 0.6) is 0 Å². The van der Waals surface area contributed by atoms with Crippen molar-refractivity contribution >= 4 is 6.29 Å². The van der Waals surface area contributed by atoms with E-state index in [1.807, 2.05) is 0 Å². The smallest absolute Gasteiger partial charge is 0.334 e. The molecule has 0 aliphatic rings. The van der Waals surface area contributed by atoms with E-state index in [1.54, 1.807) is 0 Å². The molecule has 1 N–H and O–H groups in total. The van der Waals surface area contributed by atoms with Gasteiger partial charge in [-0.25, -0.2) is 15.0 Å². The molecule has 8 heteroatoms. The molecule has 88 valence electrons. The van der Waals surface area contributed by atoms with Crippen molar-refractivity contribution in [2.45, 2.75) is 6.18 Å². The number of aldehydes is 1. The number of nitrogens with one attached hydrogen (secondary N) is 1. The highest BCUT2D eigenvalue weighted by atomic mass is 19.4. The molecule has 0 aliphatic carbocycles. The van der Waals surface area contributed by atoms with Gasteiger partial charge in [0.25, 0.3) is 0 Å². The number of imidazole rings is 1. The number of carbonyl (C=O) groups excluding carboxylic acids is 1. The Balaban J connectivity index is 2.42. The van der Waals surface area contributed by atoms with Crippen LogP contribution in [0.15, 0.2) is 18.5 Å². The number of aromatic amines is 1. The maximum absolute atomic E-state index is 12.3. The molecular weight excluding hydrogens is 237 g/mol. The minimum atomic E-state index is -4.61. The molecule has 2 heterocycles. The molecule has 0 amide bonds. The predicted octanol–water partition coefficient (Wildman–Crippen LogP) is 1.70. The highest BCUT2D eigenvalue weighted by Crippen LogP contribution is 2.26. The zero-order valence-electron chi connectivity index (χ0n) is 8.19. The van der Waals surface area contributed by atoms with Crippen LogP contribution in [0.1, 0.15) is 16.3 Å². The Bertz CT molecular complexity index is 549. The number of halogens is 3. The van der Waals surface area contributed by atoms with E-state index in [4.69, 9.17) is 0 Å². The summed E-state index contributed by atoms with van der Waals surface area (Å²) in [5.74, 6) is -1.17. The van der Waals surface area contributed by atoms with Gasteiger partial charge in [-0.05, 0) is 6.07 Å². The molecule has 2 aromatic heterocycles. The molecule has 0 atom stereocenters. The summed E-state index contributed by atoms with van der Waals surface area (Å²) >= 11 is 0. The fourth-order valence-corrected chi connectivity index (χ4v) is 1.15. The van der Waals surface area contributed by atoms with Crippen molar-refractivity contribution in [3.05, 3.63) is 30.0 Å². The van der Waals surface area contributed by atoms with Gasteiger partial charge in [0.2, 0.25) is 5.82 Å². The number of rotatable bonds is 2. The molecule has 0 saturated heterocycles. The van der Waals surface area contributed by atoms with E-state index in [2.05, 4.69) is 19.9 Å². The van der Waals surface area contributed by atoms with Crippen LogP contribution in [0.4, 0.5) is 13.2 Å². The number of H-pyrrole nitrogens is 1. The van der Waals surface area contributed by atoms with E-state index in [0.29, 0.717) is 6.29 Å². The van der Waals surface area contributed by atoms with Crippen molar-refractivity contribution in [3.8, 4) is 11.5 Å². The molecular formula is C9H5F3N4O. The maximum atomic E-state index is 12.3. The van der Waals surface area contributed by atoms with Crippen LogP contribution in [0.3, 0.4) is 0 Å². The Hall–Kier alpha value is -2.25. The van der Waals surface area contributed by atoms with Gasteiger partial charge in [-0.2, -0.15) is 13.2 Å². The zero-order valence-corrected chi connectivity index (χ0v) is 8.19. The number of alkyl halides is 3. The van der Waals surface area contributed by atoms with Crippen LogP contribution in [0.2, 0.25) is 0 Å². The van der Waals surface area contributed by atoms with E-state index in [-0.39, 0.29) is 17.2 Å². The molecule has 0 spiro atoms. The van der Waals surface area contributed by atoms with E-state index >= 15 is 0 Å². The number of hydrogen-bond acceptors (Lipinski definition) is 4. The van der Waals surface area contributed by atoms with Crippen LogP contribution >= 0.6 is 0 Å². The Labute approximate surface area is 92.7 Å². The SMILES string of the molecule is O=Cc1cnc(-c2ccnc(C(F)(F)F)n2)[nH]1. The monoisotopic (exact) mass is 242 g/mol. The van der Waals surface area contributed by atoms with Gasteiger partial charge in [0.1, 0.15) is 5.69 Å². The molecule has 0 fully saturated rings.